The van der Waals surface area contributed by atoms with Crippen molar-refractivity contribution in [1.82, 2.24) is 5.32 Å². The molecule has 1 aliphatic heterocycles. The Morgan fingerprint density at radius 1 is 1.10 bits per heavy atom. The Bertz CT molecular complexity index is 385. The van der Waals surface area contributed by atoms with Crippen LogP contribution >= 0.6 is 0 Å². The van der Waals surface area contributed by atoms with E-state index in [1.807, 2.05) is 0 Å². The molecule has 0 unspecified atom stereocenters. The SMILES string of the molecule is CCCC1(CN(CC)c2ccc(C)cc2)CCNCC1. The Hall–Kier alpha value is -1.02. The van der Waals surface area contributed by atoms with Gasteiger partial charge >= 0.3 is 0 Å². The predicted molar refractivity (Wildman–Crippen MR) is 88.5 cm³/mol. The maximum Gasteiger partial charge on any atom is 0.0366 e. The minimum absolute atomic E-state index is 0.515. The van der Waals surface area contributed by atoms with Crippen molar-refractivity contribution >= 4 is 5.69 Å². The molecule has 1 aromatic carbocycles. The lowest BCUT2D eigenvalue weighted by atomic mass is 9.75. The van der Waals surface area contributed by atoms with E-state index in [0.29, 0.717) is 5.41 Å². The first-order valence-electron chi connectivity index (χ1n) is 8.21. The summed E-state index contributed by atoms with van der Waals surface area (Å²) in [6.07, 6.45) is 5.30. The van der Waals surface area contributed by atoms with Gasteiger partial charge in [0.15, 0.2) is 0 Å². The first kappa shape index (κ1) is 15.4. The van der Waals surface area contributed by atoms with Crippen LogP contribution in [0.25, 0.3) is 0 Å². The third kappa shape index (κ3) is 3.76. The summed E-state index contributed by atoms with van der Waals surface area (Å²) < 4.78 is 0. The van der Waals surface area contributed by atoms with Gasteiger partial charge in [0.05, 0.1) is 0 Å². The van der Waals surface area contributed by atoms with Crippen molar-refractivity contribution < 1.29 is 0 Å². The molecule has 0 aromatic heterocycles. The van der Waals surface area contributed by atoms with Crippen LogP contribution in [0.1, 0.15) is 45.1 Å². The van der Waals surface area contributed by atoms with E-state index in [2.05, 4.69) is 55.3 Å². The van der Waals surface area contributed by atoms with Crippen LogP contribution in [0.5, 0.6) is 0 Å². The first-order valence-corrected chi connectivity index (χ1v) is 8.21. The zero-order valence-electron chi connectivity index (χ0n) is 13.4. The lowest BCUT2D eigenvalue weighted by Crippen LogP contribution is -2.45. The Morgan fingerprint density at radius 3 is 2.30 bits per heavy atom. The molecule has 0 saturated carbocycles. The zero-order valence-corrected chi connectivity index (χ0v) is 13.4. The number of benzene rings is 1. The van der Waals surface area contributed by atoms with Crippen molar-refractivity contribution in [3.05, 3.63) is 29.8 Å². The fraction of sp³-hybridized carbons (Fsp3) is 0.667. The van der Waals surface area contributed by atoms with Crippen molar-refractivity contribution in [2.75, 3.05) is 31.1 Å². The van der Waals surface area contributed by atoms with Gasteiger partial charge in [-0.2, -0.15) is 0 Å². The van der Waals surface area contributed by atoms with Crippen LogP contribution in [0.2, 0.25) is 0 Å². The second-order valence-electron chi connectivity index (χ2n) is 6.35. The van der Waals surface area contributed by atoms with Gasteiger partial charge in [-0.25, -0.2) is 0 Å². The average molecular weight is 274 g/mol. The summed E-state index contributed by atoms with van der Waals surface area (Å²) >= 11 is 0. The van der Waals surface area contributed by atoms with Crippen molar-refractivity contribution in [3.63, 3.8) is 0 Å². The van der Waals surface area contributed by atoms with Crippen molar-refractivity contribution in [2.45, 2.75) is 46.5 Å². The quantitative estimate of drug-likeness (QED) is 0.843. The van der Waals surface area contributed by atoms with Crippen LogP contribution in [-0.2, 0) is 0 Å². The third-order valence-electron chi connectivity index (χ3n) is 4.75. The maximum absolute atomic E-state index is 3.52. The van der Waals surface area contributed by atoms with Gasteiger partial charge in [0, 0.05) is 18.8 Å². The number of anilines is 1. The van der Waals surface area contributed by atoms with Crippen LogP contribution in [0.15, 0.2) is 24.3 Å². The van der Waals surface area contributed by atoms with Crippen LogP contribution < -0.4 is 10.2 Å². The minimum Gasteiger partial charge on any atom is -0.371 e. The fourth-order valence-corrected chi connectivity index (χ4v) is 3.52. The number of piperidine rings is 1. The van der Waals surface area contributed by atoms with E-state index in [-0.39, 0.29) is 0 Å². The molecule has 1 aromatic rings. The van der Waals surface area contributed by atoms with E-state index in [1.165, 1.54) is 56.6 Å². The zero-order chi connectivity index (χ0) is 14.4. The van der Waals surface area contributed by atoms with Gasteiger partial charge in [0.2, 0.25) is 0 Å². The molecule has 2 rings (SSSR count). The fourth-order valence-electron chi connectivity index (χ4n) is 3.52. The third-order valence-corrected chi connectivity index (χ3v) is 4.75. The van der Waals surface area contributed by atoms with Gasteiger partial charge in [-0.15, -0.1) is 0 Å². The monoisotopic (exact) mass is 274 g/mol. The number of aryl methyl sites for hydroxylation is 1. The van der Waals surface area contributed by atoms with Gasteiger partial charge in [-0.05, 0) is 63.7 Å². The molecule has 0 atom stereocenters. The Morgan fingerprint density at radius 2 is 1.75 bits per heavy atom. The van der Waals surface area contributed by atoms with Gasteiger partial charge in [-0.3, -0.25) is 0 Å². The molecular weight excluding hydrogens is 244 g/mol. The van der Waals surface area contributed by atoms with Gasteiger partial charge in [-0.1, -0.05) is 31.0 Å². The molecule has 0 aliphatic carbocycles. The molecule has 1 heterocycles. The van der Waals surface area contributed by atoms with E-state index in [1.54, 1.807) is 0 Å². The van der Waals surface area contributed by atoms with Crippen molar-refractivity contribution in [3.8, 4) is 0 Å². The summed E-state index contributed by atoms with van der Waals surface area (Å²) in [6, 6.07) is 9.01. The highest BCUT2D eigenvalue weighted by Gasteiger charge is 2.32. The highest BCUT2D eigenvalue weighted by Crippen LogP contribution is 2.36. The summed E-state index contributed by atoms with van der Waals surface area (Å²) in [5.41, 5.74) is 3.24. The number of nitrogens with one attached hydrogen (secondary N) is 1. The van der Waals surface area contributed by atoms with Gasteiger partial charge in [0.25, 0.3) is 0 Å². The van der Waals surface area contributed by atoms with E-state index in [4.69, 9.17) is 0 Å². The van der Waals surface area contributed by atoms with Crippen molar-refractivity contribution in [2.24, 2.45) is 5.41 Å². The lowest BCUT2D eigenvalue weighted by molar-refractivity contribution is 0.188. The maximum atomic E-state index is 3.52. The van der Waals surface area contributed by atoms with Gasteiger partial charge < -0.3 is 10.2 Å². The number of hydrogen-bond donors (Lipinski definition) is 1. The number of nitrogens with zero attached hydrogens (tertiary/aromatic N) is 1. The molecule has 0 amide bonds. The molecule has 0 radical (unpaired) electrons. The first-order chi connectivity index (χ1) is 9.69. The molecule has 1 saturated heterocycles. The molecular formula is C18H30N2. The summed E-state index contributed by atoms with van der Waals surface area (Å²) in [6.45, 7) is 11.4. The molecule has 112 valence electrons. The smallest absolute Gasteiger partial charge is 0.0366 e. The second-order valence-corrected chi connectivity index (χ2v) is 6.35. The minimum atomic E-state index is 0.515. The molecule has 1 N–H and O–H groups in total. The molecule has 1 aliphatic rings. The van der Waals surface area contributed by atoms with Crippen LogP contribution in [0, 0.1) is 12.3 Å². The predicted octanol–water partition coefficient (Wildman–Crippen LogP) is 3.99. The lowest BCUT2D eigenvalue weighted by Gasteiger charge is -2.42. The normalized spacial score (nSPS) is 17.9. The average Bonchev–Trinajstić information content (AvgIpc) is 2.47. The van der Waals surface area contributed by atoms with E-state index in [9.17, 15) is 0 Å². The number of hydrogen-bond acceptors (Lipinski definition) is 2. The summed E-state index contributed by atoms with van der Waals surface area (Å²) in [7, 11) is 0. The summed E-state index contributed by atoms with van der Waals surface area (Å²) in [5.74, 6) is 0. The molecule has 20 heavy (non-hydrogen) atoms. The Kier molecular flexibility index (Phi) is 5.47. The summed E-state index contributed by atoms with van der Waals surface area (Å²) in [4.78, 5) is 2.57. The molecule has 0 bridgehead atoms. The van der Waals surface area contributed by atoms with Crippen LogP contribution in [0.3, 0.4) is 0 Å². The molecule has 2 heteroatoms. The van der Waals surface area contributed by atoms with Crippen molar-refractivity contribution in [1.29, 1.82) is 0 Å². The van der Waals surface area contributed by atoms with E-state index in [0.717, 1.165) is 6.54 Å². The van der Waals surface area contributed by atoms with Crippen LogP contribution in [0.4, 0.5) is 5.69 Å². The van der Waals surface area contributed by atoms with Crippen LogP contribution in [-0.4, -0.2) is 26.2 Å². The molecule has 2 nitrogen and oxygen atoms in total. The highest BCUT2D eigenvalue weighted by atomic mass is 15.1. The molecule has 1 fully saturated rings. The second kappa shape index (κ2) is 7.12. The molecule has 0 spiro atoms. The standard InChI is InChI=1S/C18H30N2/c1-4-10-18(11-13-19-14-12-18)15-20(5-2)17-8-6-16(3)7-9-17/h6-9,19H,4-5,10-15H2,1-3H3. The van der Waals surface area contributed by atoms with E-state index >= 15 is 0 Å². The van der Waals surface area contributed by atoms with E-state index < -0.39 is 0 Å². The highest BCUT2D eigenvalue weighted by molar-refractivity contribution is 5.47. The number of rotatable bonds is 6. The largest absolute Gasteiger partial charge is 0.371 e. The summed E-state index contributed by atoms with van der Waals surface area (Å²) in [5, 5.41) is 3.52. The topological polar surface area (TPSA) is 15.3 Å². The Labute approximate surface area is 124 Å². The van der Waals surface area contributed by atoms with Gasteiger partial charge in [0.1, 0.15) is 0 Å². The Balaban J connectivity index is 2.12.